The normalized spacial score (nSPS) is 34.8. The zero-order chi connectivity index (χ0) is 9.31. The molecule has 0 bridgehead atoms. The van der Waals surface area contributed by atoms with Crippen LogP contribution in [-0.4, -0.2) is 19.2 Å². The Kier molecular flexibility index (Phi) is 2.14. The van der Waals surface area contributed by atoms with Crippen molar-refractivity contribution in [2.75, 3.05) is 13.2 Å². The fourth-order valence-corrected chi connectivity index (χ4v) is 1.53. The summed E-state index contributed by atoms with van der Waals surface area (Å²) in [4.78, 5) is 0. The molecule has 2 heterocycles. The molecule has 2 rings (SSSR count). The summed E-state index contributed by atoms with van der Waals surface area (Å²) in [6.45, 7) is 5.70. The number of furan rings is 1. The lowest BCUT2D eigenvalue weighted by molar-refractivity contribution is -0.0851. The minimum Gasteiger partial charge on any atom is -0.466 e. The first kappa shape index (κ1) is 8.78. The first-order valence-electron chi connectivity index (χ1n) is 4.62. The topological polar surface area (TPSA) is 34.4 Å². The standard InChI is InChI=1S/C10H15NO2/c1-8-6-13-10(2,7-11-8)9-4-3-5-12-9/h3-5,8,11H,6-7H2,1-2H3. The number of morpholine rings is 1. The molecule has 2 atom stereocenters. The van der Waals surface area contributed by atoms with Crippen molar-refractivity contribution in [1.82, 2.24) is 5.32 Å². The van der Waals surface area contributed by atoms with Crippen molar-refractivity contribution in [1.29, 1.82) is 0 Å². The number of hydrogen-bond acceptors (Lipinski definition) is 3. The second kappa shape index (κ2) is 3.16. The Hall–Kier alpha value is -0.800. The summed E-state index contributed by atoms with van der Waals surface area (Å²) < 4.78 is 11.1. The van der Waals surface area contributed by atoms with Crippen LogP contribution in [-0.2, 0) is 10.3 Å². The fourth-order valence-electron chi connectivity index (χ4n) is 1.53. The Morgan fingerprint density at radius 1 is 1.62 bits per heavy atom. The lowest BCUT2D eigenvalue weighted by Crippen LogP contribution is -2.49. The summed E-state index contributed by atoms with van der Waals surface area (Å²) in [5, 5.41) is 3.38. The van der Waals surface area contributed by atoms with Crippen LogP contribution in [0.4, 0.5) is 0 Å². The lowest BCUT2D eigenvalue weighted by Gasteiger charge is -2.35. The third-order valence-electron chi connectivity index (χ3n) is 2.48. The van der Waals surface area contributed by atoms with Gasteiger partial charge in [-0.2, -0.15) is 0 Å². The maximum absolute atomic E-state index is 5.77. The van der Waals surface area contributed by atoms with E-state index in [0.29, 0.717) is 6.04 Å². The van der Waals surface area contributed by atoms with Crippen molar-refractivity contribution in [2.45, 2.75) is 25.5 Å². The zero-order valence-corrected chi connectivity index (χ0v) is 8.04. The van der Waals surface area contributed by atoms with Crippen molar-refractivity contribution in [3.63, 3.8) is 0 Å². The van der Waals surface area contributed by atoms with Gasteiger partial charge in [-0.25, -0.2) is 0 Å². The summed E-state index contributed by atoms with van der Waals surface area (Å²) >= 11 is 0. The molecule has 1 saturated heterocycles. The van der Waals surface area contributed by atoms with Crippen molar-refractivity contribution < 1.29 is 9.15 Å². The summed E-state index contributed by atoms with van der Waals surface area (Å²) in [5.41, 5.74) is -0.296. The van der Waals surface area contributed by atoms with E-state index in [2.05, 4.69) is 12.2 Å². The molecule has 0 saturated carbocycles. The maximum atomic E-state index is 5.77. The van der Waals surface area contributed by atoms with Crippen LogP contribution in [0.25, 0.3) is 0 Å². The van der Waals surface area contributed by atoms with Gasteiger partial charge in [0.05, 0.1) is 12.9 Å². The molecule has 1 aliphatic heterocycles. The Balaban J connectivity index is 2.13. The summed E-state index contributed by atoms with van der Waals surface area (Å²) in [6, 6.07) is 4.28. The van der Waals surface area contributed by atoms with Gasteiger partial charge in [-0.15, -0.1) is 0 Å². The largest absolute Gasteiger partial charge is 0.466 e. The maximum Gasteiger partial charge on any atom is 0.136 e. The van der Waals surface area contributed by atoms with Crippen molar-refractivity contribution in [2.24, 2.45) is 0 Å². The Morgan fingerprint density at radius 3 is 3.00 bits per heavy atom. The molecule has 13 heavy (non-hydrogen) atoms. The van der Waals surface area contributed by atoms with Crippen LogP contribution in [0.15, 0.2) is 22.8 Å². The third-order valence-corrected chi connectivity index (χ3v) is 2.48. The second-order valence-corrected chi connectivity index (χ2v) is 3.80. The number of rotatable bonds is 1. The first-order chi connectivity index (χ1) is 6.21. The van der Waals surface area contributed by atoms with Gasteiger partial charge in [0.15, 0.2) is 0 Å². The molecule has 1 aromatic rings. The van der Waals surface area contributed by atoms with Gasteiger partial charge in [-0.1, -0.05) is 0 Å². The van der Waals surface area contributed by atoms with Gasteiger partial charge >= 0.3 is 0 Å². The van der Waals surface area contributed by atoms with E-state index < -0.39 is 0 Å². The van der Waals surface area contributed by atoms with Crippen molar-refractivity contribution in [3.05, 3.63) is 24.2 Å². The van der Waals surface area contributed by atoms with Gasteiger partial charge in [-0.05, 0) is 26.0 Å². The van der Waals surface area contributed by atoms with Crippen LogP contribution in [0.5, 0.6) is 0 Å². The molecule has 3 heteroatoms. The molecule has 0 amide bonds. The molecule has 0 radical (unpaired) electrons. The molecule has 1 N–H and O–H groups in total. The van der Waals surface area contributed by atoms with Crippen LogP contribution in [0.2, 0.25) is 0 Å². The fraction of sp³-hybridized carbons (Fsp3) is 0.600. The molecule has 0 aliphatic carbocycles. The van der Waals surface area contributed by atoms with Gasteiger partial charge in [0, 0.05) is 12.6 Å². The first-order valence-corrected chi connectivity index (χ1v) is 4.62. The highest BCUT2D eigenvalue weighted by molar-refractivity contribution is 5.10. The molecule has 1 fully saturated rings. The number of ether oxygens (including phenoxy) is 1. The van der Waals surface area contributed by atoms with Crippen LogP contribution in [0, 0.1) is 0 Å². The lowest BCUT2D eigenvalue weighted by atomic mass is 10.0. The van der Waals surface area contributed by atoms with Crippen LogP contribution < -0.4 is 5.32 Å². The van der Waals surface area contributed by atoms with E-state index in [9.17, 15) is 0 Å². The Bertz CT molecular complexity index is 260. The van der Waals surface area contributed by atoms with Crippen LogP contribution in [0.3, 0.4) is 0 Å². The molecular formula is C10H15NO2. The average Bonchev–Trinajstić information content (AvgIpc) is 2.63. The molecule has 0 aromatic carbocycles. The smallest absolute Gasteiger partial charge is 0.136 e. The molecule has 72 valence electrons. The van der Waals surface area contributed by atoms with E-state index >= 15 is 0 Å². The van der Waals surface area contributed by atoms with Gasteiger partial charge < -0.3 is 14.5 Å². The minimum absolute atomic E-state index is 0.296. The minimum atomic E-state index is -0.296. The van der Waals surface area contributed by atoms with E-state index in [-0.39, 0.29) is 5.60 Å². The van der Waals surface area contributed by atoms with Crippen molar-refractivity contribution in [3.8, 4) is 0 Å². The Morgan fingerprint density at radius 2 is 2.46 bits per heavy atom. The van der Waals surface area contributed by atoms with Crippen molar-refractivity contribution >= 4 is 0 Å². The highest BCUT2D eigenvalue weighted by Gasteiger charge is 2.34. The molecule has 0 spiro atoms. The van der Waals surface area contributed by atoms with E-state index in [4.69, 9.17) is 9.15 Å². The predicted octanol–water partition coefficient (Wildman–Crippen LogP) is 1.50. The average molecular weight is 181 g/mol. The highest BCUT2D eigenvalue weighted by atomic mass is 16.5. The quantitative estimate of drug-likeness (QED) is 0.713. The predicted molar refractivity (Wildman–Crippen MR) is 49.5 cm³/mol. The SMILES string of the molecule is CC1COC(C)(c2ccco2)CN1. The Labute approximate surface area is 78.1 Å². The van der Waals surface area contributed by atoms with Gasteiger partial charge in [0.1, 0.15) is 11.4 Å². The molecule has 2 unspecified atom stereocenters. The monoisotopic (exact) mass is 181 g/mol. The molecule has 3 nitrogen and oxygen atoms in total. The molecule has 1 aliphatic rings. The molecular weight excluding hydrogens is 166 g/mol. The van der Waals surface area contributed by atoms with Crippen LogP contribution in [0.1, 0.15) is 19.6 Å². The van der Waals surface area contributed by atoms with Gasteiger partial charge in [0.2, 0.25) is 0 Å². The van der Waals surface area contributed by atoms with Gasteiger partial charge in [0.25, 0.3) is 0 Å². The van der Waals surface area contributed by atoms with Gasteiger partial charge in [-0.3, -0.25) is 0 Å². The summed E-state index contributed by atoms with van der Waals surface area (Å²) in [7, 11) is 0. The zero-order valence-electron chi connectivity index (χ0n) is 8.04. The summed E-state index contributed by atoms with van der Waals surface area (Å²) in [5.74, 6) is 0.895. The van der Waals surface area contributed by atoms with Crippen LogP contribution >= 0.6 is 0 Å². The number of hydrogen-bond donors (Lipinski definition) is 1. The summed E-state index contributed by atoms with van der Waals surface area (Å²) in [6.07, 6.45) is 1.68. The van der Waals surface area contributed by atoms with E-state index in [1.54, 1.807) is 6.26 Å². The third kappa shape index (κ3) is 1.62. The highest BCUT2D eigenvalue weighted by Crippen LogP contribution is 2.27. The second-order valence-electron chi connectivity index (χ2n) is 3.80. The number of nitrogens with one attached hydrogen (secondary N) is 1. The van der Waals surface area contributed by atoms with E-state index in [1.807, 2.05) is 19.1 Å². The van der Waals surface area contributed by atoms with E-state index in [0.717, 1.165) is 18.9 Å². The molecule has 1 aromatic heterocycles. The van der Waals surface area contributed by atoms with E-state index in [1.165, 1.54) is 0 Å².